The molecule has 1 heterocycles. The van der Waals surface area contributed by atoms with Crippen LogP contribution in [0.15, 0.2) is 6.20 Å². The summed E-state index contributed by atoms with van der Waals surface area (Å²) in [6.07, 6.45) is 9.76. The van der Waals surface area contributed by atoms with Crippen molar-refractivity contribution in [2.45, 2.75) is 51.5 Å². The van der Waals surface area contributed by atoms with Crippen LogP contribution in [0.3, 0.4) is 0 Å². The Labute approximate surface area is 101 Å². The summed E-state index contributed by atoms with van der Waals surface area (Å²) in [5.74, 6) is 0.962. The summed E-state index contributed by atoms with van der Waals surface area (Å²) in [6.45, 7) is 2.28. The van der Waals surface area contributed by atoms with E-state index in [9.17, 15) is 0 Å². The van der Waals surface area contributed by atoms with Crippen molar-refractivity contribution in [3.05, 3.63) is 6.20 Å². The molecular formula is C12H21N3S. The molecule has 0 unspecified atom stereocenters. The van der Waals surface area contributed by atoms with Crippen LogP contribution in [0.2, 0.25) is 0 Å². The van der Waals surface area contributed by atoms with Crippen molar-refractivity contribution in [2.24, 2.45) is 5.92 Å². The Morgan fingerprint density at radius 2 is 2.19 bits per heavy atom. The lowest BCUT2D eigenvalue weighted by Crippen LogP contribution is -2.25. The lowest BCUT2D eigenvalue weighted by molar-refractivity contribution is 0.319. The van der Waals surface area contributed by atoms with Gasteiger partial charge in [-0.05, 0) is 31.6 Å². The van der Waals surface area contributed by atoms with Gasteiger partial charge in [-0.25, -0.2) is 4.98 Å². The second-order valence-electron chi connectivity index (χ2n) is 4.72. The van der Waals surface area contributed by atoms with E-state index in [0.29, 0.717) is 6.04 Å². The minimum atomic E-state index is 0.610. The van der Waals surface area contributed by atoms with Gasteiger partial charge in [0.05, 0.1) is 6.20 Å². The molecular weight excluding hydrogens is 218 g/mol. The average molecular weight is 239 g/mol. The monoisotopic (exact) mass is 239 g/mol. The van der Waals surface area contributed by atoms with Crippen molar-refractivity contribution in [2.75, 3.05) is 11.1 Å². The quantitative estimate of drug-likeness (QED) is 0.845. The summed E-state index contributed by atoms with van der Waals surface area (Å²) in [5.41, 5.74) is 5.66. The summed E-state index contributed by atoms with van der Waals surface area (Å²) in [7, 11) is 0. The number of thiazole rings is 1. The highest BCUT2D eigenvalue weighted by Crippen LogP contribution is 2.30. The number of hydrogen-bond donors (Lipinski definition) is 2. The van der Waals surface area contributed by atoms with Gasteiger partial charge in [-0.1, -0.05) is 31.1 Å². The molecule has 1 saturated carbocycles. The van der Waals surface area contributed by atoms with Crippen molar-refractivity contribution in [3.8, 4) is 0 Å². The smallest absolute Gasteiger partial charge is 0.184 e. The first kappa shape index (κ1) is 11.7. The minimum Gasteiger partial charge on any atom is -0.389 e. The highest BCUT2D eigenvalue weighted by Gasteiger charge is 2.20. The first-order valence-electron chi connectivity index (χ1n) is 6.25. The third-order valence-electron chi connectivity index (χ3n) is 3.39. The number of nitrogens with zero attached hydrogens (tertiary/aromatic N) is 1. The Morgan fingerprint density at radius 3 is 2.75 bits per heavy atom. The molecule has 0 radical (unpaired) electrons. The Hall–Kier alpha value is -0.770. The number of nitrogens with one attached hydrogen (secondary N) is 1. The van der Waals surface area contributed by atoms with E-state index in [2.05, 4.69) is 17.2 Å². The number of hydrogen-bond acceptors (Lipinski definition) is 4. The van der Waals surface area contributed by atoms with Gasteiger partial charge in [0.2, 0.25) is 0 Å². The number of nitrogens with two attached hydrogens (primary N) is 1. The Bertz CT molecular complexity index is 316. The van der Waals surface area contributed by atoms with E-state index in [-0.39, 0.29) is 0 Å². The summed E-state index contributed by atoms with van der Waals surface area (Å²) in [5, 5.41) is 5.27. The van der Waals surface area contributed by atoms with Crippen molar-refractivity contribution < 1.29 is 0 Å². The highest BCUT2D eigenvalue weighted by atomic mass is 32.1. The highest BCUT2D eigenvalue weighted by molar-refractivity contribution is 7.19. The van der Waals surface area contributed by atoms with Crippen LogP contribution in [0.4, 0.5) is 10.1 Å². The standard InChI is InChI=1S/C12H21N3S/c1-2-3-9-4-6-10(7-5-9)15-12-14-8-11(13)16-12/h8-10H,2-7,13H2,1H3,(H,14,15). The zero-order valence-electron chi connectivity index (χ0n) is 9.91. The third kappa shape index (κ3) is 3.11. The first-order valence-corrected chi connectivity index (χ1v) is 7.07. The molecule has 0 atom stereocenters. The van der Waals surface area contributed by atoms with Crippen molar-refractivity contribution in [3.63, 3.8) is 0 Å². The second-order valence-corrected chi connectivity index (χ2v) is 5.78. The molecule has 1 aromatic heterocycles. The zero-order chi connectivity index (χ0) is 11.4. The molecule has 0 spiro atoms. The fraction of sp³-hybridized carbons (Fsp3) is 0.750. The molecule has 3 nitrogen and oxygen atoms in total. The maximum Gasteiger partial charge on any atom is 0.184 e. The summed E-state index contributed by atoms with van der Waals surface area (Å²) >= 11 is 1.55. The molecule has 2 rings (SSSR count). The van der Waals surface area contributed by atoms with E-state index in [1.807, 2.05) is 0 Å². The maximum absolute atomic E-state index is 5.66. The van der Waals surface area contributed by atoms with E-state index in [1.165, 1.54) is 38.5 Å². The van der Waals surface area contributed by atoms with Crippen LogP contribution in [0, 0.1) is 5.92 Å². The molecule has 1 aliphatic rings. The SMILES string of the molecule is CCCC1CCC(Nc2ncc(N)s2)CC1. The zero-order valence-corrected chi connectivity index (χ0v) is 10.7. The largest absolute Gasteiger partial charge is 0.389 e. The van der Waals surface area contributed by atoms with Crippen LogP contribution in [0.25, 0.3) is 0 Å². The molecule has 0 aromatic carbocycles. The van der Waals surface area contributed by atoms with Gasteiger partial charge in [0.15, 0.2) is 5.13 Å². The lowest BCUT2D eigenvalue weighted by atomic mass is 9.83. The van der Waals surface area contributed by atoms with Gasteiger partial charge >= 0.3 is 0 Å². The van der Waals surface area contributed by atoms with Gasteiger partial charge in [0.25, 0.3) is 0 Å². The van der Waals surface area contributed by atoms with E-state index in [0.717, 1.165) is 16.1 Å². The number of nitrogen functional groups attached to an aromatic ring is 1. The van der Waals surface area contributed by atoms with Crippen LogP contribution in [0.1, 0.15) is 45.4 Å². The van der Waals surface area contributed by atoms with Gasteiger partial charge in [-0.15, -0.1) is 0 Å². The summed E-state index contributed by atoms with van der Waals surface area (Å²) in [4.78, 5) is 4.25. The van der Waals surface area contributed by atoms with Crippen LogP contribution >= 0.6 is 11.3 Å². The van der Waals surface area contributed by atoms with E-state index < -0.39 is 0 Å². The van der Waals surface area contributed by atoms with Crippen LogP contribution in [-0.4, -0.2) is 11.0 Å². The Morgan fingerprint density at radius 1 is 1.44 bits per heavy atom. The Kier molecular flexibility index (Phi) is 4.04. The molecule has 0 amide bonds. The normalized spacial score (nSPS) is 25.6. The molecule has 1 fully saturated rings. The predicted octanol–water partition coefficient (Wildman–Crippen LogP) is 3.50. The Balaban J connectivity index is 1.77. The second kappa shape index (κ2) is 5.53. The third-order valence-corrected chi connectivity index (χ3v) is 4.15. The molecule has 4 heteroatoms. The van der Waals surface area contributed by atoms with Crippen LogP contribution in [-0.2, 0) is 0 Å². The van der Waals surface area contributed by atoms with Gasteiger partial charge in [-0.3, -0.25) is 0 Å². The van der Waals surface area contributed by atoms with E-state index in [1.54, 1.807) is 17.5 Å². The number of anilines is 2. The molecule has 0 aliphatic heterocycles. The molecule has 16 heavy (non-hydrogen) atoms. The molecule has 0 saturated heterocycles. The topological polar surface area (TPSA) is 50.9 Å². The number of rotatable bonds is 4. The molecule has 1 aromatic rings. The van der Waals surface area contributed by atoms with E-state index >= 15 is 0 Å². The summed E-state index contributed by atoms with van der Waals surface area (Å²) < 4.78 is 0. The van der Waals surface area contributed by atoms with Crippen molar-refractivity contribution in [1.82, 2.24) is 4.98 Å². The molecule has 3 N–H and O–H groups in total. The van der Waals surface area contributed by atoms with Crippen LogP contribution < -0.4 is 11.1 Å². The van der Waals surface area contributed by atoms with Gasteiger partial charge in [0, 0.05) is 6.04 Å². The van der Waals surface area contributed by atoms with Gasteiger partial charge in [0.1, 0.15) is 5.00 Å². The minimum absolute atomic E-state index is 0.610. The van der Waals surface area contributed by atoms with Gasteiger partial charge in [-0.2, -0.15) is 0 Å². The van der Waals surface area contributed by atoms with Crippen LogP contribution in [0.5, 0.6) is 0 Å². The first-order chi connectivity index (χ1) is 7.78. The van der Waals surface area contributed by atoms with Gasteiger partial charge < -0.3 is 11.1 Å². The molecule has 90 valence electrons. The lowest BCUT2D eigenvalue weighted by Gasteiger charge is -2.28. The van der Waals surface area contributed by atoms with Crippen molar-refractivity contribution >= 4 is 21.5 Å². The summed E-state index contributed by atoms with van der Waals surface area (Å²) in [6, 6.07) is 0.610. The average Bonchev–Trinajstić information content (AvgIpc) is 2.67. The fourth-order valence-corrected chi connectivity index (χ4v) is 3.19. The molecule has 0 bridgehead atoms. The number of aromatic nitrogens is 1. The maximum atomic E-state index is 5.66. The predicted molar refractivity (Wildman–Crippen MR) is 70.8 cm³/mol. The fourth-order valence-electron chi connectivity index (χ4n) is 2.53. The van der Waals surface area contributed by atoms with Crippen molar-refractivity contribution in [1.29, 1.82) is 0 Å². The van der Waals surface area contributed by atoms with E-state index in [4.69, 9.17) is 5.73 Å². The molecule has 1 aliphatic carbocycles.